The lowest BCUT2D eigenvalue weighted by molar-refractivity contribution is -0.147. The van der Waals surface area contributed by atoms with Crippen LogP contribution in [-0.4, -0.2) is 23.1 Å². The predicted octanol–water partition coefficient (Wildman–Crippen LogP) is 7.38. The van der Waals surface area contributed by atoms with Gasteiger partial charge in [0.1, 0.15) is 6.10 Å². The van der Waals surface area contributed by atoms with E-state index in [1.165, 1.54) is 32.1 Å². The van der Waals surface area contributed by atoms with Crippen LogP contribution in [0.4, 0.5) is 0 Å². The highest BCUT2D eigenvalue weighted by molar-refractivity contribution is 5.69. The van der Waals surface area contributed by atoms with E-state index in [2.05, 4.69) is 32.1 Å². The molecule has 0 fully saturated rings. The summed E-state index contributed by atoms with van der Waals surface area (Å²) < 4.78 is 5.70. The first-order valence-corrected chi connectivity index (χ1v) is 11.8. The van der Waals surface area contributed by atoms with E-state index in [0.717, 1.165) is 57.8 Å². The van der Waals surface area contributed by atoms with Crippen molar-refractivity contribution in [3.63, 3.8) is 0 Å². The smallest absolute Gasteiger partial charge is 0.306 e. The van der Waals surface area contributed by atoms with Gasteiger partial charge in [-0.3, -0.25) is 9.59 Å². The minimum Gasteiger partial charge on any atom is -0.481 e. The largest absolute Gasteiger partial charge is 0.481 e. The molecule has 0 aliphatic rings. The van der Waals surface area contributed by atoms with Gasteiger partial charge < -0.3 is 9.84 Å². The first-order valence-electron chi connectivity index (χ1n) is 11.8. The lowest BCUT2D eigenvalue weighted by Crippen LogP contribution is -2.16. The van der Waals surface area contributed by atoms with Crippen molar-refractivity contribution in [2.45, 2.75) is 123 Å². The number of rotatable bonds is 20. The lowest BCUT2D eigenvalue weighted by atomic mass is 10.1. The number of ether oxygens (including phenoxy) is 1. The van der Waals surface area contributed by atoms with Gasteiger partial charge in [0.2, 0.25) is 0 Å². The van der Waals surface area contributed by atoms with E-state index in [1.54, 1.807) is 0 Å². The summed E-state index contributed by atoms with van der Waals surface area (Å²) in [6.07, 6.45) is 23.5. The molecule has 4 nitrogen and oxygen atoms in total. The van der Waals surface area contributed by atoms with Gasteiger partial charge in [-0.25, -0.2) is 0 Å². The van der Waals surface area contributed by atoms with Gasteiger partial charge >= 0.3 is 11.9 Å². The molecule has 0 aliphatic heterocycles. The molecule has 0 amide bonds. The van der Waals surface area contributed by atoms with Crippen molar-refractivity contribution in [1.29, 1.82) is 0 Å². The molecular weight excluding hydrogens is 364 g/mol. The fourth-order valence-electron chi connectivity index (χ4n) is 3.12. The number of carboxylic acid groups (broad SMARTS) is 1. The number of aliphatic carboxylic acids is 1. The lowest BCUT2D eigenvalue weighted by Gasteiger charge is -2.14. The van der Waals surface area contributed by atoms with Crippen LogP contribution in [0, 0.1) is 0 Å². The number of carbonyl (C=O) groups is 2. The topological polar surface area (TPSA) is 63.6 Å². The number of unbranched alkanes of at least 4 members (excludes halogenated alkanes) is 9. The Hall–Kier alpha value is -1.58. The fourth-order valence-corrected chi connectivity index (χ4v) is 3.12. The quantitative estimate of drug-likeness (QED) is 0.130. The summed E-state index contributed by atoms with van der Waals surface area (Å²) in [4.78, 5) is 22.7. The van der Waals surface area contributed by atoms with Gasteiger partial charge in [0, 0.05) is 12.8 Å². The Bertz CT molecular complexity index is 454. The highest BCUT2D eigenvalue weighted by atomic mass is 16.5. The van der Waals surface area contributed by atoms with E-state index in [1.807, 2.05) is 6.08 Å². The molecule has 0 bridgehead atoms. The number of hydrogen-bond acceptors (Lipinski definition) is 3. The van der Waals surface area contributed by atoms with Crippen molar-refractivity contribution in [3.8, 4) is 0 Å². The average Bonchev–Trinajstić information content (AvgIpc) is 2.69. The summed E-state index contributed by atoms with van der Waals surface area (Å²) in [5, 5.41) is 8.69. The van der Waals surface area contributed by atoms with E-state index >= 15 is 0 Å². The second kappa shape index (κ2) is 21.1. The Morgan fingerprint density at radius 2 is 1.45 bits per heavy atom. The van der Waals surface area contributed by atoms with Crippen molar-refractivity contribution in [2.24, 2.45) is 0 Å². The van der Waals surface area contributed by atoms with Crippen LogP contribution in [0.25, 0.3) is 0 Å². The summed E-state index contributed by atoms with van der Waals surface area (Å²) >= 11 is 0. The monoisotopic (exact) mass is 408 g/mol. The van der Waals surface area contributed by atoms with Crippen LogP contribution >= 0.6 is 0 Å². The molecular formula is C25H44O4. The second-order valence-electron chi connectivity index (χ2n) is 7.82. The average molecular weight is 409 g/mol. The SMILES string of the molecule is CCCC/C=C\C/C=C\C(CCCCCCC(=O)O)OC(=O)CCCCCCC. The molecule has 4 heteroatoms. The zero-order valence-corrected chi connectivity index (χ0v) is 18.9. The van der Waals surface area contributed by atoms with Gasteiger partial charge in [0.15, 0.2) is 0 Å². The molecule has 0 aliphatic carbocycles. The normalized spacial score (nSPS) is 12.6. The molecule has 1 unspecified atom stereocenters. The molecule has 0 saturated heterocycles. The molecule has 1 atom stereocenters. The number of allylic oxidation sites excluding steroid dienone is 3. The van der Waals surface area contributed by atoms with Gasteiger partial charge in [0.05, 0.1) is 0 Å². The van der Waals surface area contributed by atoms with Crippen LogP contribution in [0.1, 0.15) is 117 Å². The van der Waals surface area contributed by atoms with Gasteiger partial charge in [0.25, 0.3) is 0 Å². The second-order valence-corrected chi connectivity index (χ2v) is 7.82. The van der Waals surface area contributed by atoms with E-state index < -0.39 is 5.97 Å². The number of carbonyl (C=O) groups excluding carboxylic acids is 1. The standard InChI is InChI=1S/C25H44O4/c1-3-5-7-9-10-12-15-19-23(20-16-13-14-17-21-24(26)27)29-25(28)22-18-11-8-6-4-2/h9-10,15,19,23H,3-8,11-14,16-18,20-22H2,1-2H3,(H,26,27)/b10-9-,19-15-. The van der Waals surface area contributed by atoms with Crippen molar-refractivity contribution >= 4 is 11.9 Å². The molecule has 0 spiro atoms. The van der Waals surface area contributed by atoms with Gasteiger partial charge in [-0.15, -0.1) is 0 Å². The van der Waals surface area contributed by atoms with Crippen LogP contribution in [0.15, 0.2) is 24.3 Å². The molecule has 0 aromatic heterocycles. The molecule has 0 heterocycles. The molecule has 0 saturated carbocycles. The maximum atomic E-state index is 12.2. The molecule has 0 radical (unpaired) electrons. The zero-order valence-electron chi connectivity index (χ0n) is 18.9. The fraction of sp³-hybridized carbons (Fsp3) is 0.760. The highest BCUT2D eigenvalue weighted by Crippen LogP contribution is 2.13. The van der Waals surface area contributed by atoms with Crippen molar-refractivity contribution in [3.05, 3.63) is 24.3 Å². The van der Waals surface area contributed by atoms with Crippen LogP contribution in [0.3, 0.4) is 0 Å². The van der Waals surface area contributed by atoms with Gasteiger partial charge in [-0.2, -0.15) is 0 Å². The third-order valence-electron chi connectivity index (χ3n) is 4.91. The van der Waals surface area contributed by atoms with E-state index in [9.17, 15) is 9.59 Å². The van der Waals surface area contributed by atoms with Crippen molar-refractivity contribution in [2.75, 3.05) is 0 Å². The number of carboxylic acids is 1. The van der Waals surface area contributed by atoms with Crippen molar-refractivity contribution in [1.82, 2.24) is 0 Å². The maximum Gasteiger partial charge on any atom is 0.306 e. The van der Waals surface area contributed by atoms with Crippen LogP contribution in [0.2, 0.25) is 0 Å². The molecule has 0 aromatic rings. The Kier molecular flexibility index (Phi) is 20.0. The Balaban J connectivity index is 4.26. The van der Waals surface area contributed by atoms with Crippen LogP contribution < -0.4 is 0 Å². The molecule has 0 aromatic carbocycles. The van der Waals surface area contributed by atoms with E-state index in [4.69, 9.17) is 9.84 Å². The first kappa shape index (κ1) is 27.4. The zero-order chi connectivity index (χ0) is 21.6. The maximum absolute atomic E-state index is 12.2. The summed E-state index contributed by atoms with van der Waals surface area (Å²) in [6, 6.07) is 0. The summed E-state index contributed by atoms with van der Waals surface area (Å²) in [5.41, 5.74) is 0. The van der Waals surface area contributed by atoms with Crippen LogP contribution in [0.5, 0.6) is 0 Å². The number of hydrogen-bond donors (Lipinski definition) is 1. The van der Waals surface area contributed by atoms with Gasteiger partial charge in [-0.1, -0.05) is 83.4 Å². The Labute approximate surface area is 178 Å². The Morgan fingerprint density at radius 3 is 2.14 bits per heavy atom. The minimum absolute atomic E-state index is 0.0967. The number of esters is 1. The van der Waals surface area contributed by atoms with E-state index in [-0.39, 0.29) is 18.5 Å². The summed E-state index contributed by atoms with van der Waals surface area (Å²) in [7, 11) is 0. The van der Waals surface area contributed by atoms with Crippen LogP contribution in [-0.2, 0) is 14.3 Å². The Morgan fingerprint density at radius 1 is 0.793 bits per heavy atom. The first-order chi connectivity index (χ1) is 14.1. The predicted molar refractivity (Wildman–Crippen MR) is 121 cm³/mol. The molecule has 1 N–H and O–H groups in total. The third-order valence-corrected chi connectivity index (χ3v) is 4.91. The molecule has 168 valence electrons. The molecule has 29 heavy (non-hydrogen) atoms. The third kappa shape index (κ3) is 21.0. The van der Waals surface area contributed by atoms with Crippen molar-refractivity contribution < 1.29 is 19.4 Å². The summed E-state index contributed by atoms with van der Waals surface area (Å²) in [5.74, 6) is -0.828. The van der Waals surface area contributed by atoms with E-state index in [0.29, 0.717) is 6.42 Å². The summed E-state index contributed by atoms with van der Waals surface area (Å²) in [6.45, 7) is 4.38. The minimum atomic E-state index is -0.731. The molecule has 0 rings (SSSR count). The van der Waals surface area contributed by atoms with Gasteiger partial charge in [-0.05, 0) is 44.6 Å². The highest BCUT2D eigenvalue weighted by Gasteiger charge is 2.11.